The Hall–Kier alpha value is -1.71. The Morgan fingerprint density at radius 2 is 2.29 bits per heavy atom. The highest BCUT2D eigenvalue weighted by atomic mass is 16.5. The molecule has 0 radical (unpaired) electrons. The van der Waals surface area contributed by atoms with Crippen LogP contribution < -0.4 is 10.5 Å². The Morgan fingerprint density at radius 3 is 2.94 bits per heavy atom. The highest BCUT2D eigenvalue weighted by molar-refractivity contribution is 5.77. The zero-order chi connectivity index (χ0) is 12.3. The van der Waals surface area contributed by atoms with Crippen LogP contribution in [0.2, 0.25) is 0 Å². The number of hydrogen-bond acceptors (Lipinski definition) is 3. The first kappa shape index (κ1) is 11.8. The second-order valence-electron chi connectivity index (χ2n) is 4.58. The number of benzene rings is 1. The summed E-state index contributed by atoms with van der Waals surface area (Å²) in [6, 6.07) is 7.11. The van der Waals surface area contributed by atoms with E-state index in [0.29, 0.717) is 17.4 Å². The maximum absolute atomic E-state index is 11.7. The van der Waals surface area contributed by atoms with Crippen molar-refractivity contribution in [3.63, 3.8) is 0 Å². The van der Waals surface area contributed by atoms with Crippen LogP contribution in [0.5, 0.6) is 5.75 Å². The van der Waals surface area contributed by atoms with E-state index in [1.807, 2.05) is 13.1 Å². The van der Waals surface area contributed by atoms with E-state index in [1.54, 1.807) is 23.1 Å². The van der Waals surface area contributed by atoms with Crippen LogP contribution >= 0.6 is 0 Å². The number of likely N-dealkylation sites (N-methyl/N-ethyl adjacent to an activating group) is 1. The van der Waals surface area contributed by atoms with Gasteiger partial charge in [0.05, 0.1) is 0 Å². The molecule has 1 aromatic rings. The van der Waals surface area contributed by atoms with Gasteiger partial charge in [-0.3, -0.25) is 4.79 Å². The van der Waals surface area contributed by atoms with Gasteiger partial charge in [-0.2, -0.15) is 0 Å². The predicted octanol–water partition coefficient (Wildman–Crippen LogP) is 1.52. The molecule has 2 N–H and O–H groups in total. The minimum atomic E-state index is 0.0133. The van der Waals surface area contributed by atoms with Gasteiger partial charge in [0.25, 0.3) is 5.91 Å². The average Bonchev–Trinajstić information content (AvgIpc) is 3.10. The van der Waals surface area contributed by atoms with Crippen molar-refractivity contribution in [2.45, 2.75) is 12.8 Å². The van der Waals surface area contributed by atoms with Crippen LogP contribution in [0.15, 0.2) is 24.3 Å². The van der Waals surface area contributed by atoms with E-state index in [2.05, 4.69) is 0 Å². The summed E-state index contributed by atoms with van der Waals surface area (Å²) in [6.45, 7) is 0.922. The molecule has 0 aromatic heterocycles. The zero-order valence-corrected chi connectivity index (χ0v) is 10.1. The quantitative estimate of drug-likeness (QED) is 0.786. The first-order valence-electron chi connectivity index (χ1n) is 5.87. The molecule has 0 spiro atoms. The molecule has 0 aliphatic heterocycles. The van der Waals surface area contributed by atoms with Crippen LogP contribution in [0, 0.1) is 5.92 Å². The number of nitrogens with zero attached hydrogens (tertiary/aromatic N) is 1. The van der Waals surface area contributed by atoms with Gasteiger partial charge in [-0.05, 0) is 30.9 Å². The molecule has 0 saturated heterocycles. The summed E-state index contributed by atoms with van der Waals surface area (Å²) in [5, 5.41) is 0. The summed E-state index contributed by atoms with van der Waals surface area (Å²) in [4.78, 5) is 13.5. The van der Waals surface area contributed by atoms with Gasteiger partial charge in [0.15, 0.2) is 6.61 Å². The Balaban J connectivity index is 1.78. The lowest BCUT2D eigenvalue weighted by Gasteiger charge is -2.17. The molecule has 92 valence electrons. The van der Waals surface area contributed by atoms with Crippen molar-refractivity contribution in [1.82, 2.24) is 4.90 Å². The number of anilines is 1. The lowest BCUT2D eigenvalue weighted by Crippen LogP contribution is -2.32. The minimum Gasteiger partial charge on any atom is -0.484 e. The van der Waals surface area contributed by atoms with Crippen LogP contribution in [-0.2, 0) is 4.79 Å². The topological polar surface area (TPSA) is 55.6 Å². The number of carbonyl (C=O) groups excluding carboxylic acids is 1. The molecule has 0 atom stereocenters. The molecule has 1 saturated carbocycles. The molecule has 17 heavy (non-hydrogen) atoms. The van der Waals surface area contributed by atoms with Crippen molar-refractivity contribution in [3.8, 4) is 5.75 Å². The molecule has 0 bridgehead atoms. The van der Waals surface area contributed by atoms with Gasteiger partial charge >= 0.3 is 0 Å². The van der Waals surface area contributed by atoms with E-state index in [4.69, 9.17) is 10.5 Å². The highest BCUT2D eigenvalue weighted by Crippen LogP contribution is 2.29. The maximum Gasteiger partial charge on any atom is 0.260 e. The Labute approximate surface area is 101 Å². The van der Waals surface area contributed by atoms with Crippen molar-refractivity contribution in [3.05, 3.63) is 24.3 Å². The van der Waals surface area contributed by atoms with Gasteiger partial charge in [0, 0.05) is 25.3 Å². The van der Waals surface area contributed by atoms with Crippen molar-refractivity contribution in [2.24, 2.45) is 5.92 Å². The SMILES string of the molecule is CN(CC1CC1)C(=O)COc1cccc(N)c1. The normalized spacial score (nSPS) is 14.4. The van der Waals surface area contributed by atoms with Gasteiger partial charge in [0.2, 0.25) is 0 Å². The molecule has 2 rings (SSSR count). The fourth-order valence-electron chi connectivity index (χ4n) is 1.65. The molecule has 0 unspecified atom stereocenters. The van der Waals surface area contributed by atoms with Gasteiger partial charge in [0.1, 0.15) is 5.75 Å². The number of rotatable bonds is 5. The third-order valence-electron chi connectivity index (χ3n) is 2.88. The van der Waals surface area contributed by atoms with Gasteiger partial charge in [-0.15, -0.1) is 0 Å². The van der Waals surface area contributed by atoms with E-state index in [-0.39, 0.29) is 12.5 Å². The zero-order valence-electron chi connectivity index (χ0n) is 10.1. The van der Waals surface area contributed by atoms with Crippen molar-refractivity contribution < 1.29 is 9.53 Å². The van der Waals surface area contributed by atoms with Crippen LogP contribution in [0.3, 0.4) is 0 Å². The van der Waals surface area contributed by atoms with E-state index in [9.17, 15) is 4.79 Å². The first-order chi connectivity index (χ1) is 8.15. The van der Waals surface area contributed by atoms with E-state index in [0.717, 1.165) is 6.54 Å². The number of carbonyl (C=O) groups is 1. The van der Waals surface area contributed by atoms with Crippen LogP contribution in [-0.4, -0.2) is 31.0 Å². The summed E-state index contributed by atoms with van der Waals surface area (Å²) < 4.78 is 5.40. The molecule has 1 aliphatic rings. The number of amides is 1. The fraction of sp³-hybridized carbons (Fsp3) is 0.462. The van der Waals surface area contributed by atoms with Gasteiger partial charge in [-0.1, -0.05) is 6.07 Å². The molecule has 4 nitrogen and oxygen atoms in total. The summed E-state index contributed by atoms with van der Waals surface area (Å²) in [7, 11) is 1.82. The lowest BCUT2D eigenvalue weighted by molar-refractivity contribution is -0.132. The smallest absolute Gasteiger partial charge is 0.260 e. The second kappa shape index (κ2) is 5.08. The summed E-state index contributed by atoms with van der Waals surface area (Å²) in [5.41, 5.74) is 6.26. The molecule has 0 heterocycles. The monoisotopic (exact) mass is 234 g/mol. The predicted molar refractivity (Wildman–Crippen MR) is 66.7 cm³/mol. The van der Waals surface area contributed by atoms with Crippen molar-refractivity contribution >= 4 is 11.6 Å². The summed E-state index contributed by atoms with van der Waals surface area (Å²) in [6.07, 6.45) is 2.49. The van der Waals surface area contributed by atoms with Crippen LogP contribution in [0.1, 0.15) is 12.8 Å². The van der Waals surface area contributed by atoms with Crippen molar-refractivity contribution in [1.29, 1.82) is 0 Å². The Morgan fingerprint density at radius 1 is 1.53 bits per heavy atom. The maximum atomic E-state index is 11.7. The molecular formula is C13H18N2O2. The second-order valence-corrected chi connectivity index (χ2v) is 4.58. The molecule has 1 amide bonds. The number of ether oxygens (including phenoxy) is 1. The van der Waals surface area contributed by atoms with Crippen molar-refractivity contribution in [2.75, 3.05) is 25.9 Å². The van der Waals surface area contributed by atoms with Gasteiger partial charge < -0.3 is 15.4 Å². The first-order valence-corrected chi connectivity index (χ1v) is 5.87. The van der Waals surface area contributed by atoms with Crippen LogP contribution in [0.25, 0.3) is 0 Å². The average molecular weight is 234 g/mol. The molecular weight excluding hydrogens is 216 g/mol. The Kier molecular flexibility index (Phi) is 3.52. The number of nitrogens with two attached hydrogens (primary N) is 1. The number of hydrogen-bond donors (Lipinski definition) is 1. The third kappa shape index (κ3) is 3.66. The van der Waals surface area contributed by atoms with Crippen LogP contribution in [0.4, 0.5) is 5.69 Å². The largest absolute Gasteiger partial charge is 0.484 e. The molecule has 4 heteroatoms. The lowest BCUT2D eigenvalue weighted by atomic mass is 10.3. The third-order valence-corrected chi connectivity index (χ3v) is 2.88. The minimum absolute atomic E-state index is 0.0133. The van der Waals surface area contributed by atoms with E-state index in [1.165, 1.54) is 12.8 Å². The highest BCUT2D eigenvalue weighted by Gasteiger charge is 2.24. The molecule has 1 aromatic carbocycles. The molecule has 1 aliphatic carbocycles. The fourth-order valence-corrected chi connectivity index (χ4v) is 1.65. The molecule has 1 fully saturated rings. The van der Waals surface area contributed by atoms with E-state index < -0.39 is 0 Å². The van der Waals surface area contributed by atoms with E-state index >= 15 is 0 Å². The van der Waals surface area contributed by atoms with Gasteiger partial charge in [-0.25, -0.2) is 0 Å². The number of nitrogen functional groups attached to an aromatic ring is 1. The summed E-state index contributed by atoms with van der Waals surface area (Å²) >= 11 is 0. The Bertz CT molecular complexity index is 402. The summed E-state index contributed by atoms with van der Waals surface area (Å²) in [5.74, 6) is 1.36. The standard InChI is InChI=1S/C13H18N2O2/c1-15(8-10-5-6-10)13(16)9-17-12-4-2-3-11(14)7-12/h2-4,7,10H,5-6,8-9,14H2,1H3.